The number of benzene rings is 1. The van der Waals surface area contributed by atoms with Crippen molar-refractivity contribution in [1.82, 2.24) is 9.97 Å². The highest BCUT2D eigenvalue weighted by atomic mass is 19.1. The van der Waals surface area contributed by atoms with Gasteiger partial charge in [0, 0.05) is 30.8 Å². The highest BCUT2D eigenvalue weighted by Gasteiger charge is 2.17. The molecule has 3 rings (SSSR count). The number of aromatic nitrogens is 2. The largest absolute Gasteiger partial charge is 0.495 e. The number of anilines is 1. The van der Waals surface area contributed by atoms with Crippen molar-refractivity contribution in [2.24, 2.45) is 0 Å². The van der Waals surface area contributed by atoms with E-state index in [2.05, 4.69) is 15.3 Å². The zero-order valence-corrected chi connectivity index (χ0v) is 13.3. The molecule has 0 aliphatic carbocycles. The molecule has 1 aromatic heterocycles. The highest BCUT2D eigenvalue weighted by molar-refractivity contribution is 5.88. The number of hydrogen-bond acceptors (Lipinski definition) is 4. The molecular formula is C18H18FN3O2. The first kappa shape index (κ1) is 16.1. The molecule has 1 atom stereocenters. The summed E-state index contributed by atoms with van der Waals surface area (Å²) >= 11 is 0. The molecule has 6 heteroatoms. The van der Waals surface area contributed by atoms with E-state index in [-0.39, 0.29) is 23.8 Å². The average Bonchev–Trinajstić information content (AvgIpc) is 3.00. The van der Waals surface area contributed by atoms with Crippen molar-refractivity contribution in [2.45, 2.75) is 32.3 Å². The van der Waals surface area contributed by atoms with E-state index in [4.69, 9.17) is 4.74 Å². The summed E-state index contributed by atoms with van der Waals surface area (Å²) in [5, 5.41) is 2.67. The van der Waals surface area contributed by atoms with Crippen molar-refractivity contribution >= 4 is 11.9 Å². The zero-order chi connectivity index (χ0) is 16.9. The Hall–Kier alpha value is -2.76. The standard InChI is InChI=1S/C18H18FN3O2/c1-12-2-7-16(24-12)8-9-17(23)22-18-20-10-14(11-21-18)13-3-5-15(19)6-4-13/h2-6,10-11,16H,7-9H2,1H3,(H,20,21,22,23). The Balaban J connectivity index is 1.52. The third kappa shape index (κ3) is 4.16. The predicted molar refractivity (Wildman–Crippen MR) is 88.5 cm³/mol. The van der Waals surface area contributed by atoms with Crippen molar-refractivity contribution in [3.05, 3.63) is 54.3 Å². The maximum Gasteiger partial charge on any atom is 0.229 e. The molecule has 1 N–H and O–H groups in total. The van der Waals surface area contributed by atoms with E-state index >= 15 is 0 Å². The van der Waals surface area contributed by atoms with Crippen LogP contribution in [0.15, 0.2) is 48.5 Å². The summed E-state index contributed by atoms with van der Waals surface area (Å²) < 4.78 is 18.5. The summed E-state index contributed by atoms with van der Waals surface area (Å²) in [4.78, 5) is 20.2. The third-order valence-corrected chi connectivity index (χ3v) is 3.79. The minimum absolute atomic E-state index is 0.0810. The van der Waals surface area contributed by atoms with Gasteiger partial charge in [-0.25, -0.2) is 14.4 Å². The number of ether oxygens (including phenoxy) is 1. The molecule has 0 saturated carbocycles. The van der Waals surface area contributed by atoms with E-state index in [0.717, 1.165) is 23.3 Å². The van der Waals surface area contributed by atoms with Gasteiger partial charge in [-0.1, -0.05) is 12.1 Å². The van der Waals surface area contributed by atoms with Gasteiger partial charge < -0.3 is 4.74 Å². The van der Waals surface area contributed by atoms with Crippen LogP contribution >= 0.6 is 0 Å². The predicted octanol–water partition coefficient (Wildman–Crippen LogP) is 3.69. The molecule has 1 amide bonds. The van der Waals surface area contributed by atoms with Crippen LogP contribution in [0.1, 0.15) is 26.2 Å². The number of hydrogen-bond donors (Lipinski definition) is 1. The lowest BCUT2D eigenvalue weighted by molar-refractivity contribution is -0.116. The van der Waals surface area contributed by atoms with Crippen LogP contribution in [-0.4, -0.2) is 22.0 Å². The number of carbonyl (C=O) groups excluding carboxylic acids is 1. The Morgan fingerprint density at radius 1 is 1.25 bits per heavy atom. The van der Waals surface area contributed by atoms with Gasteiger partial charge in [-0.15, -0.1) is 0 Å². The van der Waals surface area contributed by atoms with E-state index in [1.54, 1.807) is 24.5 Å². The Kier molecular flexibility index (Phi) is 4.84. The number of nitrogens with one attached hydrogen (secondary N) is 1. The molecular weight excluding hydrogens is 309 g/mol. The summed E-state index contributed by atoms with van der Waals surface area (Å²) in [6.07, 6.45) is 7.17. The zero-order valence-electron chi connectivity index (χ0n) is 13.3. The minimum atomic E-state index is -0.291. The van der Waals surface area contributed by atoms with Crippen LogP contribution in [0.2, 0.25) is 0 Å². The second-order valence-electron chi connectivity index (χ2n) is 5.68. The van der Waals surface area contributed by atoms with E-state index < -0.39 is 0 Å². The molecule has 0 spiro atoms. The van der Waals surface area contributed by atoms with E-state index in [9.17, 15) is 9.18 Å². The molecule has 1 aliphatic rings. The van der Waals surface area contributed by atoms with Gasteiger partial charge in [0.25, 0.3) is 0 Å². The summed E-state index contributed by atoms with van der Waals surface area (Å²) in [5.74, 6) is 0.741. The third-order valence-electron chi connectivity index (χ3n) is 3.79. The number of halogens is 1. The van der Waals surface area contributed by atoms with Gasteiger partial charge in [0.05, 0.1) is 5.76 Å². The first-order valence-corrected chi connectivity index (χ1v) is 7.81. The van der Waals surface area contributed by atoms with Gasteiger partial charge in [0.2, 0.25) is 11.9 Å². The lowest BCUT2D eigenvalue weighted by atomic mass is 10.1. The number of amides is 1. The maximum atomic E-state index is 12.9. The van der Waals surface area contributed by atoms with E-state index in [1.807, 2.05) is 13.0 Å². The Morgan fingerprint density at radius 2 is 1.96 bits per heavy atom. The maximum absolute atomic E-state index is 12.9. The van der Waals surface area contributed by atoms with Crippen molar-refractivity contribution in [1.29, 1.82) is 0 Å². The fourth-order valence-corrected chi connectivity index (χ4v) is 2.50. The minimum Gasteiger partial charge on any atom is -0.495 e. The molecule has 0 saturated heterocycles. The van der Waals surface area contributed by atoms with Crippen molar-refractivity contribution < 1.29 is 13.9 Å². The normalized spacial score (nSPS) is 16.4. The van der Waals surface area contributed by atoms with E-state index in [0.29, 0.717) is 12.8 Å². The van der Waals surface area contributed by atoms with Gasteiger partial charge in [0.1, 0.15) is 11.9 Å². The van der Waals surface area contributed by atoms with Crippen LogP contribution in [0.5, 0.6) is 0 Å². The first-order valence-electron chi connectivity index (χ1n) is 7.81. The van der Waals surface area contributed by atoms with Crippen LogP contribution in [0, 0.1) is 5.82 Å². The molecule has 1 aliphatic heterocycles. The smallest absolute Gasteiger partial charge is 0.229 e. The number of nitrogens with zero attached hydrogens (tertiary/aromatic N) is 2. The van der Waals surface area contributed by atoms with Gasteiger partial charge in [-0.2, -0.15) is 0 Å². The van der Waals surface area contributed by atoms with E-state index in [1.165, 1.54) is 12.1 Å². The Morgan fingerprint density at radius 3 is 2.58 bits per heavy atom. The van der Waals surface area contributed by atoms with Crippen LogP contribution in [0.3, 0.4) is 0 Å². The monoisotopic (exact) mass is 327 g/mol. The molecule has 1 aromatic carbocycles. The molecule has 2 aromatic rings. The summed E-state index contributed by atoms with van der Waals surface area (Å²) in [6.45, 7) is 1.91. The Labute approximate surface area is 139 Å². The Bertz CT molecular complexity index is 742. The molecule has 5 nitrogen and oxygen atoms in total. The highest BCUT2D eigenvalue weighted by Crippen LogP contribution is 2.21. The number of carbonyl (C=O) groups is 1. The molecule has 1 unspecified atom stereocenters. The lowest BCUT2D eigenvalue weighted by Gasteiger charge is -2.11. The van der Waals surface area contributed by atoms with Gasteiger partial charge in [-0.05, 0) is 37.1 Å². The molecule has 124 valence electrons. The molecule has 2 heterocycles. The first-order chi connectivity index (χ1) is 11.6. The van der Waals surface area contributed by atoms with Gasteiger partial charge in [-0.3, -0.25) is 10.1 Å². The lowest BCUT2D eigenvalue weighted by Crippen LogP contribution is -2.16. The van der Waals surface area contributed by atoms with Crippen molar-refractivity contribution in [2.75, 3.05) is 5.32 Å². The average molecular weight is 327 g/mol. The van der Waals surface area contributed by atoms with Gasteiger partial charge in [0.15, 0.2) is 0 Å². The second kappa shape index (κ2) is 7.21. The summed E-state index contributed by atoms with van der Waals surface area (Å²) in [5.41, 5.74) is 1.57. The van der Waals surface area contributed by atoms with Crippen molar-refractivity contribution in [3.8, 4) is 11.1 Å². The molecule has 0 bridgehead atoms. The summed E-state index contributed by atoms with van der Waals surface area (Å²) in [6, 6.07) is 6.08. The second-order valence-corrected chi connectivity index (χ2v) is 5.68. The summed E-state index contributed by atoms with van der Waals surface area (Å²) in [7, 11) is 0. The van der Waals surface area contributed by atoms with Gasteiger partial charge >= 0.3 is 0 Å². The topological polar surface area (TPSA) is 64.1 Å². The van der Waals surface area contributed by atoms with Crippen LogP contribution in [0.25, 0.3) is 11.1 Å². The SMILES string of the molecule is CC1=CCC(CCC(=O)Nc2ncc(-c3ccc(F)cc3)cn2)O1. The van der Waals surface area contributed by atoms with Crippen molar-refractivity contribution in [3.63, 3.8) is 0 Å². The van der Waals surface area contributed by atoms with Crippen LogP contribution in [-0.2, 0) is 9.53 Å². The molecule has 24 heavy (non-hydrogen) atoms. The number of rotatable bonds is 5. The van der Waals surface area contributed by atoms with Crippen LogP contribution in [0.4, 0.5) is 10.3 Å². The quantitative estimate of drug-likeness (QED) is 0.909. The fraction of sp³-hybridized carbons (Fsp3) is 0.278. The number of allylic oxidation sites excluding steroid dienone is 1. The molecule has 0 fully saturated rings. The fourth-order valence-electron chi connectivity index (χ4n) is 2.50. The molecule has 0 radical (unpaired) electrons. The van der Waals surface area contributed by atoms with Crippen LogP contribution < -0.4 is 5.32 Å².